The molecule has 7 heteroatoms. The predicted molar refractivity (Wildman–Crippen MR) is 117 cm³/mol. The van der Waals surface area contributed by atoms with E-state index in [1.807, 2.05) is 68.4 Å². The third-order valence-electron chi connectivity index (χ3n) is 5.39. The molecule has 0 fully saturated rings. The summed E-state index contributed by atoms with van der Waals surface area (Å²) in [6, 6.07) is 17.2. The molecule has 0 radical (unpaired) electrons. The number of aryl methyl sites for hydroxylation is 1. The van der Waals surface area contributed by atoms with Crippen molar-refractivity contribution in [2.24, 2.45) is 7.05 Å². The minimum absolute atomic E-state index is 0.259. The molecule has 2 aromatic carbocycles. The molecule has 0 spiro atoms. The largest absolute Gasteiger partial charge is 0.316 e. The molecule has 4 aromatic rings. The van der Waals surface area contributed by atoms with Crippen molar-refractivity contribution in [2.75, 3.05) is 5.32 Å². The third-order valence-corrected chi connectivity index (χ3v) is 5.39. The monoisotopic (exact) mass is 401 g/mol. The van der Waals surface area contributed by atoms with E-state index in [0.717, 1.165) is 16.9 Å². The molecule has 0 aliphatic carbocycles. The van der Waals surface area contributed by atoms with Gasteiger partial charge in [-0.1, -0.05) is 36.4 Å². The second-order valence-electron chi connectivity index (χ2n) is 7.23. The van der Waals surface area contributed by atoms with E-state index in [4.69, 9.17) is 0 Å². The van der Waals surface area contributed by atoms with E-state index in [2.05, 4.69) is 10.4 Å². The van der Waals surface area contributed by atoms with Crippen LogP contribution in [0.2, 0.25) is 0 Å². The fourth-order valence-electron chi connectivity index (χ4n) is 3.57. The Morgan fingerprint density at radius 1 is 0.933 bits per heavy atom. The van der Waals surface area contributed by atoms with Crippen molar-refractivity contribution in [3.05, 3.63) is 93.7 Å². The summed E-state index contributed by atoms with van der Waals surface area (Å²) in [4.78, 5) is 26.0. The summed E-state index contributed by atoms with van der Waals surface area (Å²) in [5.74, 6) is -0.363. The van der Waals surface area contributed by atoms with E-state index in [1.165, 1.54) is 10.9 Å². The number of carbonyl (C=O) groups is 1. The first-order valence-corrected chi connectivity index (χ1v) is 9.66. The highest BCUT2D eigenvalue weighted by Crippen LogP contribution is 2.19. The summed E-state index contributed by atoms with van der Waals surface area (Å²) in [6.45, 7) is 5.64. The van der Waals surface area contributed by atoms with Gasteiger partial charge in [0.05, 0.1) is 34.5 Å². The predicted octanol–water partition coefficient (Wildman–Crippen LogP) is 3.54. The van der Waals surface area contributed by atoms with Gasteiger partial charge in [-0.25, -0.2) is 9.36 Å². The number of rotatable bonds is 4. The molecule has 0 saturated heterocycles. The second kappa shape index (κ2) is 7.51. The van der Waals surface area contributed by atoms with Crippen LogP contribution in [0.3, 0.4) is 0 Å². The van der Waals surface area contributed by atoms with Crippen LogP contribution in [0.1, 0.15) is 27.3 Å². The lowest BCUT2D eigenvalue weighted by atomic mass is 10.2. The molecule has 30 heavy (non-hydrogen) atoms. The van der Waals surface area contributed by atoms with E-state index in [1.54, 1.807) is 23.3 Å². The first-order valence-electron chi connectivity index (χ1n) is 9.66. The van der Waals surface area contributed by atoms with Gasteiger partial charge in [-0.05, 0) is 44.5 Å². The highest BCUT2D eigenvalue weighted by molar-refractivity contribution is 6.05. The van der Waals surface area contributed by atoms with Crippen LogP contribution >= 0.6 is 0 Å². The molecule has 0 atom stereocenters. The number of hydrogen-bond acceptors (Lipinski definition) is 3. The number of amides is 1. The molecule has 7 nitrogen and oxygen atoms in total. The van der Waals surface area contributed by atoms with Crippen LogP contribution in [0.5, 0.6) is 0 Å². The highest BCUT2D eigenvalue weighted by atomic mass is 16.2. The van der Waals surface area contributed by atoms with Crippen molar-refractivity contribution >= 4 is 11.6 Å². The highest BCUT2D eigenvalue weighted by Gasteiger charge is 2.21. The summed E-state index contributed by atoms with van der Waals surface area (Å²) < 4.78 is 5.01. The van der Waals surface area contributed by atoms with Gasteiger partial charge in [0.2, 0.25) is 0 Å². The molecular formula is C23H23N5O2. The summed E-state index contributed by atoms with van der Waals surface area (Å²) in [5, 5.41) is 7.19. The average Bonchev–Trinajstić information content (AvgIpc) is 3.22. The van der Waals surface area contributed by atoms with Crippen LogP contribution in [0.25, 0.3) is 11.4 Å². The standard InChI is InChI=1S/C23H23N5O2/c1-15-10-8-9-13-20(15)27-16(2)19(14-24-27)22(29)25-21-17(3)26(4)28(23(21)30)18-11-6-5-7-12-18/h5-14H,1-4H3,(H,25,29). The van der Waals surface area contributed by atoms with E-state index in [9.17, 15) is 9.59 Å². The van der Waals surface area contributed by atoms with Crippen molar-refractivity contribution in [2.45, 2.75) is 20.8 Å². The zero-order valence-corrected chi connectivity index (χ0v) is 17.4. The lowest BCUT2D eigenvalue weighted by molar-refractivity contribution is 0.102. The SMILES string of the molecule is Cc1ccccc1-n1ncc(C(=O)Nc2c(C)n(C)n(-c3ccccc3)c2=O)c1C. The van der Waals surface area contributed by atoms with Gasteiger partial charge >= 0.3 is 0 Å². The molecule has 0 saturated carbocycles. The molecule has 1 amide bonds. The van der Waals surface area contributed by atoms with Crippen LogP contribution in [-0.4, -0.2) is 25.1 Å². The van der Waals surface area contributed by atoms with Gasteiger partial charge in [-0.2, -0.15) is 5.10 Å². The third kappa shape index (κ3) is 3.14. The molecule has 0 unspecified atom stereocenters. The smallest absolute Gasteiger partial charge is 0.295 e. The summed E-state index contributed by atoms with van der Waals surface area (Å²) in [6.07, 6.45) is 1.53. The maximum absolute atomic E-state index is 13.0. The molecule has 2 aromatic heterocycles. The Labute approximate surface area is 174 Å². The number of hydrogen-bond donors (Lipinski definition) is 1. The lowest BCUT2D eigenvalue weighted by Crippen LogP contribution is -2.23. The quantitative estimate of drug-likeness (QED) is 0.568. The van der Waals surface area contributed by atoms with Crippen LogP contribution in [-0.2, 0) is 7.05 Å². The second-order valence-corrected chi connectivity index (χ2v) is 7.23. The van der Waals surface area contributed by atoms with Crippen molar-refractivity contribution in [1.29, 1.82) is 0 Å². The Hall–Kier alpha value is -3.87. The Morgan fingerprint density at radius 3 is 2.30 bits per heavy atom. The summed E-state index contributed by atoms with van der Waals surface area (Å²) in [5.41, 5.74) is 4.48. The maximum Gasteiger partial charge on any atom is 0.295 e. The minimum Gasteiger partial charge on any atom is -0.316 e. The van der Waals surface area contributed by atoms with Crippen molar-refractivity contribution in [3.8, 4) is 11.4 Å². The molecule has 0 aliphatic rings. The molecule has 152 valence electrons. The number of nitrogens with zero attached hydrogens (tertiary/aromatic N) is 4. The first kappa shape index (κ1) is 19.4. The van der Waals surface area contributed by atoms with E-state index < -0.39 is 0 Å². The fraction of sp³-hybridized carbons (Fsp3) is 0.174. The average molecular weight is 401 g/mol. The van der Waals surface area contributed by atoms with Crippen LogP contribution in [0.15, 0.2) is 65.6 Å². The maximum atomic E-state index is 13.0. The Bertz CT molecular complexity index is 1300. The van der Waals surface area contributed by atoms with Gasteiger partial charge in [0.15, 0.2) is 0 Å². The number of para-hydroxylation sites is 2. The summed E-state index contributed by atoms with van der Waals surface area (Å²) in [7, 11) is 1.79. The number of carbonyl (C=O) groups excluding carboxylic acids is 1. The lowest BCUT2D eigenvalue weighted by Gasteiger charge is -2.08. The van der Waals surface area contributed by atoms with E-state index in [-0.39, 0.29) is 17.2 Å². The number of nitrogens with one attached hydrogen (secondary N) is 1. The van der Waals surface area contributed by atoms with Gasteiger partial charge < -0.3 is 5.32 Å². The van der Waals surface area contributed by atoms with Gasteiger partial charge in [0.25, 0.3) is 11.5 Å². The van der Waals surface area contributed by atoms with Crippen LogP contribution in [0.4, 0.5) is 5.69 Å². The van der Waals surface area contributed by atoms with Crippen molar-refractivity contribution in [3.63, 3.8) is 0 Å². The molecular weight excluding hydrogens is 378 g/mol. The van der Waals surface area contributed by atoms with Gasteiger partial charge in [0.1, 0.15) is 5.69 Å². The summed E-state index contributed by atoms with van der Waals surface area (Å²) >= 11 is 0. The molecule has 2 heterocycles. The minimum atomic E-state index is -0.363. The first-order chi connectivity index (χ1) is 14.4. The Morgan fingerprint density at radius 2 is 1.60 bits per heavy atom. The van der Waals surface area contributed by atoms with E-state index >= 15 is 0 Å². The van der Waals surface area contributed by atoms with Crippen molar-refractivity contribution < 1.29 is 4.79 Å². The molecule has 0 aliphatic heterocycles. The molecule has 1 N–H and O–H groups in total. The normalized spacial score (nSPS) is 10.9. The topological polar surface area (TPSA) is 73.8 Å². The van der Waals surface area contributed by atoms with Crippen LogP contribution < -0.4 is 10.9 Å². The molecule has 4 rings (SSSR count). The zero-order chi connectivity index (χ0) is 21.4. The van der Waals surface area contributed by atoms with Crippen molar-refractivity contribution in [1.82, 2.24) is 19.1 Å². The number of benzene rings is 2. The van der Waals surface area contributed by atoms with Crippen LogP contribution in [0, 0.1) is 20.8 Å². The zero-order valence-electron chi connectivity index (χ0n) is 17.4. The fourth-order valence-corrected chi connectivity index (χ4v) is 3.57. The van der Waals surface area contributed by atoms with Gasteiger partial charge in [-0.15, -0.1) is 0 Å². The Kier molecular flexibility index (Phi) is 4.87. The van der Waals surface area contributed by atoms with E-state index in [0.29, 0.717) is 17.0 Å². The van der Waals surface area contributed by atoms with Gasteiger partial charge in [-0.3, -0.25) is 14.3 Å². The van der Waals surface area contributed by atoms with Gasteiger partial charge in [0, 0.05) is 7.05 Å². The Balaban J connectivity index is 1.70. The number of aromatic nitrogens is 4. The molecule has 0 bridgehead atoms. The number of anilines is 1.